The molecule has 0 saturated heterocycles. The number of hydrogen-bond acceptors (Lipinski definition) is 1. The average Bonchev–Trinajstić information content (AvgIpc) is 2.33. The van der Waals surface area contributed by atoms with Crippen LogP contribution in [0.15, 0.2) is 45.3 Å². The molecule has 0 bridgehead atoms. The Morgan fingerprint density at radius 2 is 1.72 bits per heavy atom. The number of rotatable bonds is 2. The molecule has 2 rings (SSSR count). The van der Waals surface area contributed by atoms with Crippen molar-refractivity contribution in [3.8, 4) is 0 Å². The van der Waals surface area contributed by atoms with Crippen LogP contribution in [-0.4, -0.2) is 5.11 Å². The van der Waals surface area contributed by atoms with Crippen molar-refractivity contribution >= 4 is 54.5 Å². The van der Waals surface area contributed by atoms with Crippen molar-refractivity contribution in [3.05, 3.63) is 65.6 Å². The van der Waals surface area contributed by atoms with E-state index >= 15 is 0 Å². The van der Waals surface area contributed by atoms with Gasteiger partial charge in [0.2, 0.25) is 0 Å². The predicted octanol–water partition coefficient (Wildman–Crippen LogP) is 5.21. The van der Waals surface area contributed by atoms with E-state index in [9.17, 15) is 5.11 Å². The highest BCUT2D eigenvalue weighted by atomic mass is 127. The van der Waals surface area contributed by atoms with Gasteiger partial charge in [0.15, 0.2) is 0 Å². The largest absolute Gasteiger partial charge is 0.384 e. The highest BCUT2D eigenvalue weighted by Gasteiger charge is 2.17. The second kappa shape index (κ2) is 6.03. The van der Waals surface area contributed by atoms with Crippen molar-refractivity contribution in [2.24, 2.45) is 0 Å². The van der Waals surface area contributed by atoms with Crippen LogP contribution < -0.4 is 0 Å². The molecule has 4 heteroatoms. The fourth-order valence-electron chi connectivity index (χ4n) is 1.74. The van der Waals surface area contributed by atoms with Crippen LogP contribution in [0.1, 0.15) is 22.8 Å². The summed E-state index contributed by atoms with van der Waals surface area (Å²) in [4.78, 5) is 0. The van der Waals surface area contributed by atoms with Crippen molar-refractivity contribution < 1.29 is 5.11 Å². The van der Waals surface area contributed by atoms with Crippen LogP contribution >= 0.6 is 54.5 Å². The highest BCUT2D eigenvalue weighted by molar-refractivity contribution is 14.1. The predicted molar refractivity (Wildman–Crippen MR) is 89.8 cm³/mol. The maximum atomic E-state index is 10.5. The molecular formula is C14H11Br2IO. The molecule has 0 spiro atoms. The first-order chi connectivity index (χ1) is 8.50. The van der Waals surface area contributed by atoms with E-state index in [2.05, 4.69) is 54.5 Å². The van der Waals surface area contributed by atoms with Gasteiger partial charge in [0.1, 0.15) is 6.10 Å². The van der Waals surface area contributed by atoms with Crippen molar-refractivity contribution in [2.75, 3.05) is 0 Å². The Labute approximate surface area is 137 Å². The zero-order chi connectivity index (χ0) is 13.3. The molecule has 0 saturated carbocycles. The number of hydrogen-bond donors (Lipinski definition) is 1. The molecule has 1 atom stereocenters. The molecule has 0 aromatic heterocycles. The zero-order valence-corrected chi connectivity index (χ0v) is 15.0. The standard InChI is InChI=1S/C14H11Br2IO/c1-8-6-12(16)10(7-11(8)15)14(18)9-4-2-3-5-13(9)17/h2-7,14,18H,1H3. The number of halogens is 3. The SMILES string of the molecule is Cc1cc(Br)c(C(O)c2ccccc2I)cc1Br. The van der Waals surface area contributed by atoms with Gasteiger partial charge in [-0.1, -0.05) is 50.1 Å². The third-order valence-corrected chi connectivity index (χ3v) is 5.30. The average molecular weight is 482 g/mol. The van der Waals surface area contributed by atoms with Crippen molar-refractivity contribution in [2.45, 2.75) is 13.0 Å². The minimum Gasteiger partial charge on any atom is -0.384 e. The Kier molecular flexibility index (Phi) is 4.86. The van der Waals surface area contributed by atoms with Gasteiger partial charge in [-0.3, -0.25) is 0 Å². The minimum absolute atomic E-state index is 0.621. The van der Waals surface area contributed by atoms with E-state index in [1.807, 2.05) is 43.3 Å². The molecule has 94 valence electrons. The van der Waals surface area contributed by atoms with Gasteiger partial charge in [-0.25, -0.2) is 0 Å². The monoisotopic (exact) mass is 480 g/mol. The molecule has 2 aromatic rings. The van der Waals surface area contributed by atoms with Gasteiger partial charge < -0.3 is 5.11 Å². The fourth-order valence-corrected chi connectivity index (χ4v) is 3.45. The highest BCUT2D eigenvalue weighted by Crippen LogP contribution is 2.34. The Hall–Kier alpha value is 0.0900. The molecule has 0 radical (unpaired) electrons. The number of aliphatic hydroxyl groups is 1. The van der Waals surface area contributed by atoms with Crippen LogP contribution in [0.3, 0.4) is 0 Å². The summed E-state index contributed by atoms with van der Waals surface area (Å²) in [6.45, 7) is 2.03. The molecule has 0 aliphatic heterocycles. The second-order valence-corrected chi connectivity index (χ2v) is 6.92. The molecule has 1 unspecified atom stereocenters. The van der Waals surface area contributed by atoms with E-state index < -0.39 is 6.10 Å². The Bertz CT molecular complexity index is 584. The number of aliphatic hydroxyl groups excluding tert-OH is 1. The smallest absolute Gasteiger partial charge is 0.106 e. The van der Waals surface area contributed by atoms with Crippen LogP contribution in [0.5, 0.6) is 0 Å². The van der Waals surface area contributed by atoms with Crippen LogP contribution in [0.4, 0.5) is 0 Å². The molecule has 0 aliphatic carbocycles. The van der Waals surface area contributed by atoms with Crippen LogP contribution in [0.2, 0.25) is 0 Å². The lowest BCUT2D eigenvalue weighted by molar-refractivity contribution is 0.218. The van der Waals surface area contributed by atoms with Gasteiger partial charge >= 0.3 is 0 Å². The summed E-state index contributed by atoms with van der Waals surface area (Å²) in [5.74, 6) is 0. The second-order valence-electron chi connectivity index (χ2n) is 4.05. The minimum atomic E-state index is -0.621. The maximum Gasteiger partial charge on any atom is 0.106 e. The molecule has 1 N–H and O–H groups in total. The van der Waals surface area contributed by atoms with Gasteiger partial charge in [0.25, 0.3) is 0 Å². The molecule has 0 aliphatic rings. The van der Waals surface area contributed by atoms with E-state index in [0.29, 0.717) is 0 Å². The third-order valence-electron chi connectivity index (χ3n) is 2.77. The molecule has 2 aromatic carbocycles. The van der Waals surface area contributed by atoms with Crippen molar-refractivity contribution in [3.63, 3.8) is 0 Å². The van der Waals surface area contributed by atoms with Gasteiger partial charge in [-0.05, 0) is 58.8 Å². The first-order valence-corrected chi connectivity index (χ1v) is 8.05. The molecule has 18 heavy (non-hydrogen) atoms. The van der Waals surface area contributed by atoms with Gasteiger partial charge in [0.05, 0.1) is 0 Å². The van der Waals surface area contributed by atoms with E-state index in [-0.39, 0.29) is 0 Å². The summed E-state index contributed by atoms with van der Waals surface area (Å²) in [6, 6.07) is 11.8. The number of benzene rings is 2. The van der Waals surface area contributed by atoms with Crippen LogP contribution in [0.25, 0.3) is 0 Å². The van der Waals surface area contributed by atoms with Crippen LogP contribution in [-0.2, 0) is 0 Å². The summed E-state index contributed by atoms with van der Waals surface area (Å²) in [6.07, 6.45) is -0.621. The summed E-state index contributed by atoms with van der Waals surface area (Å²) in [7, 11) is 0. The van der Waals surface area contributed by atoms with E-state index in [0.717, 1.165) is 29.2 Å². The molecule has 1 nitrogen and oxygen atoms in total. The van der Waals surface area contributed by atoms with E-state index in [1.54, 1.807) is 0 Å². The van der Waals surface area contributed by atoms with Crippen LogP contribution in [0, 0.1) is 10.5 Å². The molecule has 0 fully saturated rings. The topological polar surface area (TPSA) is 20.2 Å². The molecule has 0 heterocycles. The normalized spacial score (nSPS) is 12.5. The van der Waals surface area contributed by atoms with E-state index in [4.69, 9.17) is 0 Å². The summed E-state index contributed by atoms with van der Waals surface area (Å²) in [5, 5.41) is 10.5. The first-order valence-electron chi connectivity index (χ1n) is 5.38. The van der Waals surface area contributed by atoms with Gasteiger partial charge in [-0.15, -0.1) is 0 Å². The summed E-state index contributed by atoms with van der Waals surface area (Å²) in [5.41, 5.74) is 2.94. The summed E-state index contributed by atoms with van der Waals surface area (Å²) >= 11 is 9.27. The van der Waals surface area contributed by atoms with Crippen molar-refractivity contribution in [1.82, 2.24) is 0 Å². The third kappa shape index (κ3) is 2.98. The maximum absolute atomic E-state index is 10.5. The lowest BCUT2D eigenvalue weighted by atomic mass is 10.0. The van der Waals surface area contributed by atoms with E-state index in [1.165, 1.54) is 0 Å². The first kappa shape index (κ1) is 14.5. The fraction of sp³-hybridized carbons (Fsp3) is 0.143. The van der Waals surface area contributed by atoms with Gasteiger partial charge in [0, 0.05) is 18.1 Å². The lowest BCUT2D eigenvalue weighted by Gasteiger charge is -2.16. The molecule has 0 amide bonds. The Morgan fingerprint density at radius 1 is 1.06 bits per heavy atom. The lowest BCUT2D eigenvalue weighted by Crippen LogP contribution is -2.03. The zero-order valence-electron chi connectivity index (χ0n) is 9.62. The van der Waals surface area contributed by atoms with Gasteiger partial charge in [-0.2, -0.15) is 0 Å². The molecular weight excluding hydrogens is 471 g/mol. The number of aryl methyl sites for hydroxylation is 1. The van der Waals surface area contributed by atoms with Crippen molar-refractivity contribution in [1.29, 1.82) is 0 Å². The Balaban J connectivity index is 2.50. The Morgan fingerprint density at radius 3 is 2.39 bits per heavy atom. The summed E-state index contributed by atoms with van der Waals surface area (Å²) < 4.78 is 2.99. The quantitative estimate of drug-likeness (QED) is 0.584.